The molecule has 9 heteroatoms. The van der Waals surface area contributed by atoms with Crippen LogP contribution < -0.4 is 15.5 Å². The summed E-state index contributed by atoms with van der Waals surface area (Å²) in [6.45, 7) is 1.83. The van der Waals surface area contributed by atoms with Gasteiger partial charge in [-0.2, -0.15) is 13.2 Å². The Labute approximate surface area is 193 Å². The molecule has 0 bridgehead atoms. The molecule has 174 valence electrons. The number of fused-ring (bicyclic) bond motifs is 1. The molecular weight excluding hydrogens is 447 g/mol. The van der Waals surface area contributed by atoms with E-state index in [9.17, 15) is 27.6 Å². The third-order valence-corrected chi connectivity index (χ3v) is 5.37. The van der Waals surface area contributed by atoms with E-state index in [4.69, 9.17) is 0 Å². The molecule has 1 atom stereocenters. The summed E-state index contributed by atoms with van der Waals surface area (Å²) in [6.07, 6.45) is -5.02. The van der Waals surface area contributed by atoms with E-state index in [0.717, 1.165) is 17.7 Å². The maximum absolute atomic E-state index is 13.5. The quantitative estimate of drug-likeness (QED) is 0.566. The zero-order valence-electron chi connectivity index (χ0n) is 18.0. The molecule has 34 heavy (non-hydrogen) atoms. The Morgan fingerprint density at radius 1 is 1.00 bits per heavy atom. The Balaban J connectivity index is 1.63. The number of halogens is 3. The highest BCUT2D eigenvalue weighted by Crippen LogP contribution is 2.35. The van der Waals surface area contributed by atoms with E-state index in [0.29, 0.717) is 16.9 Å². The molecule has 0 aromatic heterocycles. The van der Waals surface area contributed by atoms with E-state index in [1.807, 2.05) is 13.0 Å². The standard InChI is InChI=1S/C25H20F3N3O3/c1-15-6-4-7-16(12-15)24(34)31-20-11-3-2-10-19(20)30-23(33)21(31)14-22(32)29-18-9-5-8-17(13-18)25(26,27)28/h2-13,21H,14H2,1H3,(H,29,32)(H,30,33). The summed E-state index contributed by atoms with van der Waals surface area (Å²) in [5.74, 6) is -1.75. The fraction of sp³-hybridized carbons (Fsp3) is 0.160. The van der Waals surface area contributed by atoms with E-state index in [1.54, 1.807) is 42.5 Å². The monoisotopic (exact) mass is 467 g/mol. The molecule has 3 amide bonds. The predicted octanol–water partition coefficient (Wildman–Crippen LogP) is 5.01. The number of carbonyl (C=O) groups excluding carboxylic acids is 3. The van der Waals surface area contributed by atoms with Crippen LogP contribution in [0.3, 0.4) is 0 Å². The van der Waals surface area contributed by atoms with Crippen molar-refractivity contribution >= 4 is 34.8 Å². The SMILES string of the molecule is Cc1cccc(C(=O)N2c3ccccc3NC(=O)C2CC(=O)Nc2cccc(C(F)(F)F)c2)c1. The van der Waals surface area contributed by atoms with Gasteiger partial charge in [0.25, 0.3) is 5.91 Å². The van der Waals surface area contributed by atoms with Crippen molar-refractivity contribution in [3.8, 4) is 0 Å². The number of rotatable bonds is 4. The van der Waals surface area contributed by atoms with Crippen molar-refractivity contribution in [2.45, 2.75) is 25.6 Å². The van der Waals surface area contributed by atoms with Gasteiger partial charge in [0, 0.05) is 11.3 Å². The highest BCUT2D eigenvalue weighted by atomic mass is 19.4. The lowest BCUT2D eigenvalue weighted by atomic mass is 10.0. The highest BCUT2D eigenvalue weighted by Gasteiger charge is 2.38. The molecule has 1 unspecified atom stereocenters. The van der Waals surface area contributed by atoms with Gasteiger partial charge in [0.15, 0.2) is 0 Å². The number of carbonyl (C=O) groups is 3. The van der Waals surface area contributed by atoms with Crippen LogP contribution in [0.2, 0.25) is 0 Å². The maximum Gasteiger partial charge on any atom is 0.416 e. The van der Waals surface area contributed by atoms with E-state index in [2.05, 4.69) is 10.6 Å². The number of alkyl halides is 3. The summed E-state index contributed by atoms with van der Waals surface area (Å²) < 4.78 is 39.0. The van der Waals surface area contributed by atoms with Crippen LogP contribution >= 0.6 is 0 Å². The first-order valence-corrected chi connectivity index (χ1v) is 10.4. The smallest absolute Gasteiger partial charge is 0.326 e. The molecule has 4 rings (SSSR count). The number of nitrogens with one attached hydrogen (secondary N) is 2. The number of anilines is 3. The maximum atomic E-state index is 13.5. The van der Waals surface area contributed by atoms with Crippen LogP contribution in [-0.4, -0.2) is 23.8 Å². The van der Waals surface area contributed by atoms with Crippen LogP contribution in [0, 0.1) is 6.92 Å². The molecule has 0 saturated heterocycles. The molecule has 0 fully saturated rings. The largest absolute Gasteiger partial charge is 0.416 e. The lowest BCUT2D eigenvalue weighted by Gasteiger charge is -2.36. The van der Waals surface area contributed by atoms with E-state index >= 15 is 0 Å². The van der Waals surface area contributed by atoms with E-state index in [1.165, 1.54) is 17.0 Å². The zero-order valence-corrected chi connectivity index (χ0v) is 18.0. The summed E-state index contributed by atoms with van der Waals surface area (Å²) in [4.78, 5) is 40.4. The number of hydrogen-bond acceptors (Lipinski definition) is 3. The number of nitrogens with zero attached hydrogens (tertiary/aromatic N) is 1. The molecular formula is C25H20F3N3O3. The molecule has 0 radical (unpaired) electrons. The van der Waals surface area contributed by atoms with Crippen molar-refractivity contribution < 1.29 is 27.6 Å². The molecule has 1 aliphatic heterocycles. The van der Waals surface area contributed by atoms with Gasteiger partial charge in [-0.1, -0.05) is 35.9 Å². The van der Waals surface area contributed by atoms with Gasteiger partial charge in [-0.05, 0) is 49.4 Å². The zero-order chi connectivity index (χ0) is 24.5. The molecule has 0 spiro atoms. The average Bonchev–Trinajstić information content (AvgIpc) is 2.79. The second-order valence-electron chi connectivity index (χ2n) is 7.90. The Morgan fingerprint density at radius 3 is 2.47 bits per heavy atom. The van der Waals surface area contributed by atoms with Crippen LogP contribution in [0.1, 0.15) is 27.9 Å². The Morgan fingerprint density at radius 2 is 1.74 bits per heavy atom. The molecule has 2 N–H and O–H groups in total. The minimum atomic E-state index is -4.56. The molecule has 1 heterocycles. The number of hydrogen-bond donors (Lipinski definition) is 2. The van der Waals surface area contributed by atoms with Gasteiger partial charge >= 0.3 is 6.18 Å². The van der Waals surface area contributed by atoms with Crippen molar-refractivity contribution in [3.63, 3.8) is 0 Å². The van der Waals surface area contributed by atoms with E-state index < -0.39 is 41.9 Å². The molecule has 0 aliphatic carbocycles. The van der Waals surface area contributed by atoms with Crippen molar-refractivity contribution in [1.82, 2.24) is 0 Å². The van der Waals surface area contributed by atoms with Crippen LogP contribution in [0.5, 0.6) is 0 Å². The fourth-order valence-corrected chi connectivity index (χ4v) is 3.80. The Kier molecular flexibility index (Phi) is 6.10. The van der Waals surface area contributed by atoms with Gasteiger partial charge in [-0.15, -0.1) is 0 Å². The van der Waals surface area contributed by atoms with Gasteiger partial charge in [0.2, 0.25) is 11.8 Å². The first kappa shape index (κ1) is 23.0. The summed E-state index contributed by atoms with van der Waals surface area (Å²) in [5, 5.41) is 5.09. The third-order valence-electron chi connectivity index (χ3n) is 5.37. The van der Waals surface area contributed by atoms with Crippen molar-refractivity contribution in [2.75, 3.05) is 15.5 Å². The number of para-hydroxylation sites is 2. The normalized spacial score (nSPS) is 15.4. The molecule has 1 aliphatic rings. The van der Waals surface area contributed by atoms with Crippen LogP contribution in [-0.2, 0) is 15.8 Å². The summed E-state index contributed by atoms with van der Waals surface area (Å²) in [6, 6.07) is 16.5. The second kappa shape index (κ2) is 9.01. The van der Waals surface area contributed by atoms with Crippen LogP contribution in [0.15, 0.2) is 72.8 Å². The van der Waals surface area contributed by atoms with Crippen molar-refractivity contribution in [1.29, 1.82) is 0 Å². The average molecular weight is 467 g/mol. The fourth-order valence-electron chi connectivity index (χ4n) is 3.80. The third kappa shape index (κ3) is 4.78. The van der Waals surface area contributed by atoms with Crippen molar-refractivity contribution in [2.24, 2.45) is 0 Å². The first-order chi connectivity index (χ1) is 16.1. The van der Waals surface area contributed by atoms with Gasteiger partial charge in [-0.3, -0.25) is 19.3 Å². The summed E-state index contributed by atoms with van der Waals surface area (Å²) in [7, 11) is 0. The topological polar surface area (TPSA) is 78.5 Å². The van der Waals surface area contributed by atoms with Crippen LogP contribution in [0.4, 0.5) is 30.2 Å². The van der Waals surface area contributed by atoms with E-state index in [-0.39, 0.29) is 5.69 Å². The highest BCUT2D eigenvalue weighted by molar-refractivity contribution is 6.17. The lowest BCUT2D eigenvalue weighted by Crippen LogP contribution is -2.52. The van der Waals surface area contributed by atoms with Crippen molar-refractivity contribution in [3.05, 3.63) is 89.5 Å². The minimum Gasteiger partial charge on any atom is -0.326 e. The lowest BCUT2D eigenvalue weighted by molar-refractivity contribution is -0.137. The number of aryl methyl sites for hydroxylation is 1. The van der Waals surface area contributed by atoms with Gasteiger partial charge in [-0.25, -0.2) is 0 Å². The molecule has 3 aromatic rings. The first-order valence-electron chi connectivity index (χ1n) is 10.4. The summed E-state index contributed by atoms with van der Waals surface area (Å²) in [5.41, 5.74) is 1.06. The minimum absolute atomic E-state index is 0.0620. The molecule has 6 nitrogen and oxygen atoms in total. The molecule has 3 aromatic carbocycles. The Hall–Kier alpha value is -4.14. The van der Waals surface area contributed by atoms with Gasteiger partial charge in [0.1, 0.15) is 6.04 Å². The number of amides is 3. The van der Waals surface area contributed by atoms with Gasteiger partial charge in [0.05, 0.1) is 23.4 Å². The predicted molar refractivity (Wildman–Crippen MR) is 122 cm³/mol. The second-order valence-corrected chi connectivity index (χ2v) is 7.90. The van der Waals surface area contributed by atoms with Crippen LogP contribution in [0.25, 0.3) is 0 Å². The summed E-state index contributed by atoms with van der Waals surface area (Å²) >= 11 is 0. The van der Waals surface area contributed by atoms with Gasteiger partial charge < -0.3 is 10.6 Å². The Bertz CT molecular complexity index is 1270. The number of benzene rings is 3. The molecule has 0 saturated carbocycles.